The Hall–Kier alpha value is -5.30. The average molecular weight is 589 g/mol. The summed E-state index contributed by atoms with van der Waals surface area (Å²) in [6.45, 7) is 4.74. The molecule has 0 bridgehead atoms. The first kappa shape index (κ1) is 25.1. The monoisotopic (exact) mass is 588 g/mol. The van der Waals surface area contributed by atoms with Crippen molar-refractivity contribution in [2.45, 2.75) is 37.5 Å². The van der Waals surface area contributed by atoms with Crippen molar-refractivity contribution in [1.82, 2.24) is 14.9 Å². The van der Waals surface area contributed by atoms with Crippen molar-refractivity contribution in [3.63, 3.8) is 0 Å². The van der Waals surface area contributed by atoms with E-state index in [1.807, 2.05) is 12.4 Å². The van der Waals surface area contributed by atoms with Gasteiger partial charge in [-0.05, 0) is 42.2 Å². The summed E-state index contributed by atoms with van der Waals surface area (Å²) in [6, 6.07) is 24.0. The van der Waals surface area contributed by atoms with Gasteiger partial charge in [-0.25, -0.2) is 9.97 Å². The lowest BCUT2D eigenvalue weighted by molar-refractivity contribution is 0.186. The summed E-state index contributed by atoms with van der Waals surface area (Å²) in [5, 5.41) is 1.20. The molecule has 6 heterocycles. The molecule has 1 aliphatic carbocycles. The zero-order chi connectivity index (χ0) is 29.8. The average Bonchev–Trinajstić information content (AvgIpc) is 3.76. The number of allylic oxidation sites excluding steroid dienone is 2. The van der Waals surface area contributed by atoms with Gasteiger partial charge >= 0.3 is 0 Å². The number of hydrogen-bond acceptors (Lipinski definition) is 7. The molecule has 7 nitrogen and oxygen atoms in total. The predicted molar refractivity (Wildman–Crippen MR) is 180 cm³/mol. The Balaban J connectivity index is 1.28. The molecular weight excluding hydrogens is 556 g/mol. The Bertz CT molecular complexity index is 2100. The van der Waals surface area contributed by atoms with Crippen molar-refractivity contribution in [2.75, 3.05) is 21.7 Å². The first-order valence-electron chi connectivity index (χ1n) is 15.8. The van der Waals surface area contributed by atoms with E-state index >= 15 is 0 Å². The molecular formula is C38H32N6O. The molecule has 0 saturated heterocycles. The molecule has 0 amide bonds. The van der Waals surface area contributed by atoms with Gasteiger partial charge in [0, 0.05) is 72.3 Å². The minimum absolute atomic E-state index is 0.0388. The van der Waals surface area contributed by atoms with E-state index in [1.54, 1.807) is 0 Å². The Morgan fingerprint density at radius 2 is 1.67 bits per heavy atom. The van der Waals surface area contributed by atoms with Crippen LogP contribution in [0, 0.1) is 5.92 Å². The van der Waals surface area contributed by atoms with E-state index in [2.05, 4.69) is 118 Å². The van der Waals surface area contributed by atoms with Gasteiger partial charge in [0.15, 0.2) is 17.2 Å². The highest BCUT2D eigenvalue weighted by atomic mass is 16.3. The van der Waals surface area contributed by atoms with E-state index in [9.17, 15) is 0 Å². The summed E-state index contributed by atoms with van der Waals surface area (Å²) >= 11 is 0. The minimum Gasteiger partial charge on any atom is -0.458 e. The third-order valence-corrected chi connectivity index (χ3v) is 10.5. The minimum atomic E-state index is -0.101. The van der Waals surface area contributed by atoms with Crippen LogP contribution in [0.5, 0.6) is 0 Å². The van der Waals surface area contributed by atoms with Crippen LogP contribution in [0.4, 0.5) is 28.7 Å². The number of aryl methyl sites for hydroxylation is 1. The normalized spacial score (nSPS) is 24.0. The van der Waals surface area contributed by atoms with Crippen molar-refractivity contribution in [2.24, 2.45) is 5.92 Å². The second-order valence-corrected chi connectivity index (χ2v) is 12.7. The molecule has 5 aliphatic rings. The third kappa shape index (κ3) is 3.30. The fourth-order valence-corrected chi connectivity index (χ4v) is 8.67. The van der Waals surface area contributed by atoms with E-state index in [4.69, 9.17) is 21.0 Å². The summed E-state index contributed by atoms with van der Waals surface area (Å²) < 4.78 is 6.77. The van der Waals surface area contributed by atoms with E-state index < -0.39 is 0 Å². The van der Waals surface area contributed by atoms with Gasteiger partial charge in [-0.1, -0.05) is 67.3 Å². The van der Waals surface area contributed by atoms with Crippen LogP contribution in [-0.2, 0) is 6.42 Å². The molecule has 4 atom stereocenters. The maximum absolute atomic E-state index is 6.77. The second-order valence-electron chi connectivity index (χ2n) is 12.7. The van der Waals surface area contributed by atoms with E-state index in [0.29, 0.717) is 0 Å². The van der Waals surface area contributed by atoms with Crippen molar-refractivity contribution in [3.05, 3.63) is 127 Å². The van der Waals surface area contributed by atoms with Gasteiger partial charge in [-0.15, -0.1) is 0 Å². The van der Waals surface area contributed by atoms with Crippen molar-refractivity contribution in [3.8, 4) is 0 Å². The highest BCUT2D eigenvalue weighted by Gasteiger charge is 2.56. The second kappa shape index (κ2) is 9.11. The van der Waals surface area contributed by atoms with Crippen LogP contribution < -0.4 is 14.7 Å². The Labute approximate surface area is 262 Å². The largest absolute Gasteiger partial charge is 0.458 e. The SMILES string of the molecule is C=C1CC2c3ccc4c5c(oc4c3N3C=CN(C)C3C2C2N(c3ccccc3)c3nccnc3N2c2ccccc21)CCC=C5. The lowest BCUT2D eigenvalue weighted by Gasteiger charge is -2.52. The zero-order valence-electron chi connectivity index (χ0n) is 25.0. The summed E-state index contributed by atoms with van der Waals surface area (Å²) in [5.74, 6) is 3.11. The number of nitrogens with zero attached hydrogens (tertiary/aromatic N) is 6. The lowest BCUT2D eigenvalue weighted by atomic mass is 9.71. The van der Waals surface area contributed by atoms with Crippen LogP contribution >= 0.6 is 0 Å². The van der Waals surface area contributed by atoms with Gasteiger partial charge < -0.3 is 24.0 Å². The number of benzene rings is 3. The molecule has 45 heavy (non-hydrogen) atoms. The van der Waals surface area contributed by atoms with Crippen molar-refractivity contribution < 1.29 is 4.42 Å². The number of aromatic nitrogens is 2. The summed E-state index contributed by atoms with van der Waals surface area (Å²) in [4.78, 5) is 19.7. The smallest absolute Gasteiger partial charge is 0.178 e. The van der Waals surface area contributed by atoms with Gasteiger partial charge in [0.2, 0.25) is 0 Å². The molecule has 2 aromatic heterocycles. The highest BCUT2D eigenvalue weighted by molar-refractivity contribution is 6.00. The maximum Gasteiger partial charge on any atom is 0.178 e. The molecule has 7 heteroatoms. The molecule has 3 aromatic carbocycles. The highest BCUT2D eigenvalue weighted by Crippen LogP contribution is 2.59. The molecule has 0 N–H and O–H groups in total. The number of fused-ring (bicyclic) bond motifs is 16. The van der Waals surface area contributed by atoms with Crippen LogP contribution in [0.2, 0.25) is 0 Å². The molecule has 0 fully saturated rings. The lowest BCUT2D eigenvalue weighted by Crippen LogP contribution is -2.59. The molecule has 0 radical (unpaired) electrons. The fraction of sp³-hybridized carbons (Fsp3) is 0.211. The van der Waals surface area contributed by atoms with Crippen LogP contribution in [-0.4, -0.2) is 34.2 Å². The summed E-state index contributed by atoms with van der Waals surface area (Å²) in [7, 11) is 2.20. The zero-order valence-corrected chi connectivity index (χ0v) is 25.0. The van der Waals surface area contributed by atoms with E-state index in [0.717, 1.165) is 64.8 Å². The number of para-hydroxylation sites is 2. The predicted octanol–water partition coefficient (Wildman–Crippen LogP) is 8.18. The van der Waals surface area contributed by atoms with Crippen LogP contribution in [0.15, 0.2) is 109 Å². The molecule has 5 aromatic rings. The summed E-state index contributed by atoms with van der Waals surface area (Å²) in [5.41, 5.74) is 9.25. The Morgan fingerprint density at radius 3 is 2.53 bits per heavy atom. The maximum atomic E-state index is 6.77. The van der Waals surface area contributed by atoms with Crippen LogP contribution in [0.1, 0.15) is 41.2 Å². The molecule has 4 aliphatic heterocycles. The summed E-state index contributed by atoms with van der Waals surface area (Å²) in [6.07, 6.45) is 15.3. The topological polar surface area (TPSA) is 51.9 Å². The van der Waals surface area contributed by atoms with Crippen LogP contribution in [0.3, 0.4) is 0 Å². The molecule has 0 spiro atoms. The first-order valence-corrected chi connectivity index (χ1v) is 15.8. The van der Waals surface area contributed by atoms with Gasteiger partial charge in [0.05, 0.1) is 11.4 Å². The number of rotatable bonds is 1. The first-order chi connectivity index (χ1) is 22.2. The van der Waals surface area contributed by atoms with Gasteiger partial charge in [0.25, 0.3) is 0 Å². The Morgan fingerprint density at radius 1 is 0.867 bits per heavy atom. The molecule has 0 saturated carbocycles. The number of hydrogen-bond donors (Lipinski definition) is 0. The quantitative estimate of drug-likeness (QED) is 0.196. The molecule has 220 valence electrons. The number of furan rings is 1. The third-order valence-electron chi connectivity index (χ3n) is 10.5. The standard InChI is InChI=1S/C38H32N6O/c1-23-22-29-27-16-17-28-26-13-7-9-15-31(26)45-34(28)33(27)42-21-20-41(2)37(42)32(29)38-43(24-10-4-3-5-11-24)35-36(40-19-18-39-35)44(38)30-14-8-6-12-25(23)30/h3-8,10-14,16-21,29,32,37-38H,1,9,15,22H2,2H3. The Kier molecular flexibility index (Phi) is 5.08. The van der Waals surface area contributed by atoms with E-state index in [1.165, 1.54) is 22.2 Å². The van der Waals surface area contributed by atoms with Crippen LogP contribution in [0.25, 0.3) is 22.6 Å². The van der Waals surface area contributed by atoms with Crippen molar-refractivity contribution >= 4 is 51.3 Å². The fourth-order valence-electron chi connectivity index (χ4n) is 8.67. The van der Waals surface area contributed by atoms with Crippen molar-refractivity contribution in [1.29, 1.82) is 0 Å². The van der Waals surface area contributed by atoms with Gasteiger partial charge in [0.1, 0.15) is 18.1 Å². The van der Waals surface area contributed by atoms with Gasteiger partial charge in [-0.3, -0.25) is 0 Å². The van der Waals surface area contributed by atoms with Gasteiger partial charge in [-0.2, -0.15) is 0 Å². The number of anilines is 5. The van der Waals surface area contributed by atoms with E-state index in [-0.39, 0.29) is 24.2 Å². The molecule has 10 rings (SSSR count). The molecule has 4 unspecified atom stereocenters.